The molecule has 6 heteroatoms. The fourth-order valence-corrected chi connectivity index (χ4v) is 1.94. The third-order valence-corrected chi connectivity index (χ3v) is 3.17. The van der Waals surface area contributed by atoms with E-state index >= 15 is 0 Å². The smallest absolute Gasteiger partial charge is 0.337 e. The summed E-state index contributed by atoms with van der Waals surface area (Å²) in [6.07, 6.45) is 2.40. The van der Waals surface area contributed by atoms with Gasteiger partial charge in [-0.2, -0.15) is 0 Å². The second kappa shape index (κ2) is 7.25. The number of halogens is 1. The zero-order valence-electron chi connectivity index (χ0n) is 10.6. The van der Waals surface area contributed by atoms with Gasteiger partial charge in [0.15, 0.2) is 0 Å². The predicted octanol–water partition coefficient (Wildman–Crippen LogP) is 2.60. The summed E-state index contributed by atoms with van der Waals surface area (Å²) in [5.74, 6) is -1.46. The largest absolute Gasteiger partial charge is 0.478 e. The highest BCUT2D eigenvalue weighted by Gasteiger charge is 2.17. The molecule has 0 saturated carbocycles. The number of nitrogens with two attached hydrogens (primary N) is 1. The lowest BCUT2D eigenvalue weighted by Gasteiger charge is -2.13. The van der Waals surface area contributed by atoms with Crippen LogP contribution in [-0.2, 0) is 4.79 Å². The summed E-state index contributed by atoms with van der Waals surface area (Å²) in [5, 5.41) is 11.6. The fourth-order valence-electron chi connectivity index (χ4n) is 1.58. The summed E-state index contributed by atoms with van der Waals surface area (Å²) in [7, 11) is 0. The second-order valence-electron chi connectivity index (χ2n) is 4.23. The van der Waals surface area contributed by atoms with Gasteiger partial charge in [0.2, 0.25) is 5.91 Å². The molecule has 5 nitrogen and oxygen atoms in total. The molecular weight excluding hydrogens is 312 g/mol. The summed E-state index contributed by atoms with van der Waals surface area (Å²) >= 11 is 3.19. The molecule has 0 aliphatic heterocycles. The summed E-state index contributed by atoms with van der Waals surface area (Å²) in [4.78, 5) is 22.9. The SMILES string of the molecule is CCCCC(N)C(=O)Nc1ccc(Br)cc1C(=O)O. The average Bonchev–Trinajstić information content (AvgIpc) is 2.37. The first kappa shape index (κ1) is 15.7. The number of carbonyl (C=O) groups excluding carboxylic acids is 1. The number of unbranched alkanes of at least 4 members (excludes halogenated alkanes) is 1. The predicted molar refractivity (Wildman–Crippen MR) is 77.2 cm³/mol. The molecule has 0 saturated heterocycles. The van der Waals surface area contributed by atoms with Gasteiger partial charge in [0.05, 0.1) is 17.3 Å². The van der Waals surface area contributed by atoms with E-state index in [2.05, 4.69) is 21.2 Å². The van der Waals surface area contributed by atoms with E-state index < -0.39 is 12.0 Å². The molecule has 4 N–H and O–H groups in total. The fraction of sp³-hybridized carbons (Fsp3) is 0.385. The van der Waals surface area contributed by atoms with E-state index in [-0.39, 0.29) is 17.2 Å². The minimum absolute atomic E-state index is 0.0328. The average molecular weight is 329 g/mol. The Labute approximate surface area is 120 Å². The van der Waals surface area contributed by atoms with Crippen LogP contribution in [0.3, 0.4) is 0 Å². The maximum atomic E-state index is 11.8. The van der Waals surface area contributed by atoms with Gasteiger partial charge in [-0.3, -0.25) is 4.79 Å². The molecule has 104 valence electrons. The Bertz CT molecular complexity index is 477. The highest BCUT2D eigenvalue weighted by atomic mass is 79.9. The van der Waals surface area contributed by atoms with Crippen LogP contribution in [0.5, 0.6) is 0 Å². The van der Waals surface area contributed by atoms with Gasteiger partial charge < -0.3 is 16.2 Å². The molecular formula is C13H17BrN2O3. The van der Waals surface area contributed by atoms with Gasteiger partial charge in [-0.05, 0) is 24.6 Å². The molecule has 1 aromatic rings. The summed E-state index contributed by atoms with van der Waals surface area (Å²) in [6.45, 7) is 2.02. The summed E-state index contributed by atoms with van der Waals surface area (Å²) < 4.78 is 0.637. The number of nitrogens with one attached hydrogen (secondary N) is 1. The van der Waals surface area contributed by atoms with Crippen LogP contribution in [0.4, 0.5) is 5.69 Å². The minimum atomic E-state index is -1.10. The van der Waals surface area contributed by atoms with Gasteiger partial charge in [-0.1, -0.05) is 35.7 Å². The summed E-state index contributed by atoms with van der Waals surface area (Å²) in [6, 6.07) is 4.03. The standard InChI is InChI=1S/C13H17BrN2O3/c1-2-3-4-10(15)12(17)16-11-6-5-8(14)7-9(11)13(18)19/h5-7,10H,2-4,15H2,1H3,(H,16,17)(H,18,19). The number of hydrogen-bond donors (Lipinski definition) is 3. The lowest BCUT2D eigenvalue weighted by Crippen LogP contribution is -2.35. The Morgan fingerprint density at radius 1 is 1.47 bits per heavy atom. The zero-order valence-corrected chi connectivity index (χ0v) is 12.2. The maximum Gasteiger partial charge on any atom is 0.337 e. The van der Waals surface area contributed by atoms with Crippen molar-refractivity contribution in [1.29, 1.82) is 0 Å². The molecule has 0 radical (unpaired) electrons. The normalized spacial score (nSPS) is 11.9. The van der Waals surface area contributed by atoms with E-state index in [0.717, 1.165) is 12.8 Å². The van der Waals surface area contributed by atoms with E-state index in [1.165, 1.54) is 12.1 Å². The Kier molecular flexibility index (Phi) is 5.98. The number of amides is 1. The second-order valence-corrected chi connectivity index (χ2v) is 5.15. The van der Waals surface area contributed by atoms with Crippen LogP contribution in [-0.4, -0.2) is 23.0 Å². The third kappa shape index (κ3) is 4.65. The van der Waals surface area contributed by atoms with Crippen molar-refractivity contribution in [3.05, 3.63) is 28.2 Å². The van der Waals surface area contributed by atoms with Crippen LogP contribution in [0.1, 0.15) is 36.5 Å². The highest BCUT2D eigenvalue weighted by Crippen LogP contribution is 2.21. The molecule has 1 unspecified atom stereocenters. The molecule has 0 fully saturated rings. The Morgan fingerprint density at radius 3 is 2.74 bits per heavy atom. The minimum Gasteiger partial charge on any atom is -0.478 e. The van der Waals surface area contributed by atoms with Crippen molar-refractivity contribution < 1.29 is 14.7 Å². The van der Waals surface area contributed by atoms with Crippen molar-refractivity contribution >= 4 is 33.5 Å². The van der Waals surface area contributed by atoms with E-state index in [1.54, 1.807) is 6.07 Å². The van der Waals surface area contributed by atoms with E-state index in [9.17, 15) is 9.59 Å². The molecule has 0 heterocycles. The van der Waals surface area contributed by atoms with Crippen molar-refractivity contribution in [1.82, 2.24) is 0 Å². The van der Waals surface area contributed by atoms with E-state index in [0.29, 0.717) is 10.9 Å². The van der Waals surface area contributed by atoms with E-state index in [1.807, 2.05) is 6.92 Å². The van der Waals surface area contributed by atoms with Crippen molar-refractivity contribution in [2.45, 2.75) is 32.2 Å². The number of hydrogen-bond acceptors (Lipinski definition) is 3. The maximum absolute atomic E-state index is 11.8. The van der Waals surface area contributed by atoms with Crippen LogP contribution >= 0.6 is 15.9 Å². The van der Waals surface area contributed by atoms with Crippen LogP contribution in [0.2, 0.25) is 0 Å². The molecule has 0 spiro atoms. The number of aromatic carboxylic acids is 1. The number of benzene rings is 1. The molecule has 19 heavy (non-hydrogen) atoms. The molecule has 1 rings (SSSR count). The zero-order chi connectivity index (χ0) is 14.4. The molecule has 0 aromatic heterocycles. The molecule has 1 aromatic carbocycles. The summed E-state index contributed by atoms with van der Waals surface area (Å²) in [5.41, 5.74) is 6.03. The van der Waals surface area contributed by atoms with Crippen LogP contribution in [0.25, 0.3) is 0 Å². The number of rotatable bonds is 6. The number of carbonyl (C=O) groups is 2. The van der Waals surface area contributed by atoms with Crippen molar-refractivity contribution in [3.63, 3.8) is 0 Å². The van der Waals surface area contributed by atoms with Crippen molar-refractivity contribution in [3.8, 4) is 0 Å². The Hall–Kier alpha value is -1.40. The third-order valence-electron chi connectivity index (χ3n) is 2.68. The number of anilines is 1. The molecule has 0 aliphatic carbocycles. The van der Waals surface area contributed by atoms with Crippen LogP contribution in [0, 0.1) is 0 Å². The topological polar surface area (TPSA) is 92.4 Å². The quantitative estimate of drug-likeness (QED) is 0.748. The number of carboxylic acid groups (broad SMARTS) is 1. The van der Waals surface area contributed by atoms with Gasteiger partial charge in [0.25, 0.3) is 0 Å². The lowest BCUT2D eigenvalue weighted by atomic mass is 10.1. The van der Waals surface area contributed by atoms with Gasteiger partial charge in [-0.25, -0.2) is 4.79 Å². The lowest BCUT2D eigenvalue weighted by molar-refractivity contribution is -0.117. The Morgan fingerprint density at radius 2 is 2.16 bits per heavy atom. The first-order valence-corrected chi connectivity index (χ1v) is 6.84. The van der Waals surface area contributed by atoms with Gasteiger partial charge in [0.1, 0.15) is 0 Å². The van der Waals surface area contributed by atoms with Crippen molar-refractivity contribution in [2.75, 3.05) is 5.32 Å². The van der Waals surface area contributed by atoms with Gasteiger partial charge in [0, 0.05) is 4.47 Å². The first-order valence-electron chi connectivity index (χ1n) is 6.05. The van der Waals surface area contributed by atoms with Gasteiger partial charge >= 0.3 is 5.97 Å². The first-order chi connectivity index (χ1) is 8.95. The Balaban J connectivity index is 2.81. The van der Waals surface area contributed by atoms with Crippen LogP contribution in [0.15, 0.2) is 22.7 Å². The number of carboxylic acids is 1. The molecule has 1 amide bonds. The molecule has 1 atom stereocenters. The van der Waals surface area contributed by atoms with Gasteiger partial charge in [-0.15, -0.1) is 0 Å². The van der Waals surface area contributed by atoms with Crippen LogP contribution < -0.4 is 11.1 Å². The van der Waals surface area contributed by atoms with E-state index in [4.69, 9.17) is 10.8 Å². The molecule has 0 bridgehead atoms. The molecule has 0 aliphatic rings. The monoisotopic (exact) mass is 328 g/mol. The van der Waals surface area contributed by atoms with Crippen molar-refractivity contribution in [2.24, 2.45) is 5.73 Å². The highest BCUT2D eigenvalue weighted by molar-refractivity contribution is 9.10.